The van der Waals surface area contributed by atoms with Gasteiger partial charge in [-0.1, -0.05) is 13.8 Å². The highest BCUT2D eigenvalue weighted by atomic mass is 16.2. The first-order valence-corrected chi connectivity index (χ1v) is 4.44. The standard InChI is InChI=1S/C9H20N2O.H2/c1-6-10-9(12)8(7(2)3)11(4)5;/h7-8H,6H2,1-5H3,(H,10,12);1H. The van der Waals surface area contributed by atoms with Gasteiger partial charge in [0.2, 0.25) is 5.91 Å². The molecule has 1 N–H and O–H groups in total. The summed E-state index contributed by atoms with van der Waals surface area (Å²) in [5.41, 5.74) is 0. The fraction of sp³-hybridized carbons (Fsp3) is 0.889. The van der Waals surface area contributed by atoms with Gasteiger partial charge in [-0.25, -0.2) is 0 Å². The lowest BCUT2D eigenvalue weighted by molar-refractivity contribution is -0.126. The summed E-state index contributed by atoms with van der Waals surface area (Å²) in [6, 6.07) is -0.00931. The second kappa shape index (κ2) is 5.14. The van der Waals surface area contributed by atoms with Gasteiger partial charge in [-0.05, 0) is 26.9 Å². The van der Waals surface area contributed by atoms with Crippen LogP contribution in [0.3, 0.4) is 0 Å². The van der Waals surface area contributed by atoms with Crippen molar-refractivity contribution in [3.63, 3.8) is 0 Å². The summed E-state index contributed by atoms with van der Waals surface area (Å²) in [6.07, 6.45) is 0. The minimum Gasteiger partial charge on any atom is -0.355 e. The maximum absolute atomic E-state index is 11.5. The van der Waals surface area contributed by atoms with E-state index in [2.05, 4.69) is 19.2 Å². The Bertz CT molecular complexity index is 141. The Morgan fingerprint density at radius 2 is 2.00 bits per heavy atom. The van der Waals surface area contributed by atoms with Crippen molar-refractivity contribution in [2.75, 3.05) is 20.6 Å². The van der Waals surface area contributed by atoms with Crippen molar-refractivity contribution >= 4 is 5.91 Å². The van der Waals surface area contributed by atoms with Crippen molar-refractivity contribution in [1.29, 1.82) is 0 Å². The summed E-state index contributed by atoms with van der Waals surface area (Å²) in [5.74, 6) is 0.476. The van der Waals surface area contributed by atoms with Gasteiger partial charge in [0.1, 0.15) is 0 Å². The summed E-state index contributed by atoms with van der Waals surface area (Å²) in [7, 11) is 3.86. The molecule has 0 radical (unpaired) electrons. The van der Waals surface area contributed by atoms with Crippen molar-refractivity contribution in [3.8, 4) is 0 Å². The lowest BCUT2D eigenvalue weighted by atomic mass is 10.0. The molecule has 74 valence electrons. The third kappa shape index (κ3) is 3.22. The Balaban J connectivity index is 0. The molecule has 12 heavy (non-hydrogen) atoms. The highest BCUT2D eigenvalue weighted by Crippen LogP contribution is 2.06. The Kier molecular flexibility index (Phi) is 4.90. The van der Waals surface area contributed by atoms with Crippen molar-refractivity contribution in [2.24, 2.45) is 5.92 Å². The normalized spacial score (nSPS) is 13.6. The Morgan fingerprint density at radius 3 is 2.25 bits per heavy atom. The van der Waals surface area contributed by atoms with E-state index in [0.717, 1.165) is 0 Å². The van der Waals surface area contributed by atoms with Crippen LogP contribution in [-0.2, 0) is 4.79 Å². The van der Waals surface area contributed by atoms with Crippen LogP contribution < -0.4 is 5.32 Å². The molecule has 0 aliphatic carbocycles. The minimum atomic E-state index is -0.00931. The van der Waals surface area contributed by atoms with E-state index in [1.54, 1.807) is 0 Å². The van der Waals surface area contributed by atoms with Crippen LogP contribution in [-0.4, -0.2) is 37.5 Å². The van der Waals surface area contributed by atoms with Crippen molar-refractivity contribution in [1.82, 2.24) is 10.2 Å². The van der Waals surface area contributed by atoms with Gasteiger partial charge in [-0.15, -0.1) is 0 Å². The first-order chi connectivity index (χ1) is 5.50. The number of carbonyl (C=O) groups is 1. The van der Waals surface area contributed by atoms with Gasteiger partial charge in [-0.2, -0.15) is 0 Å². The molecule has 0 saturated heterocycles. The molecular weight excluding hydrogens is 152 g/mol. The number of rotatable bonds is 4. The lowest BCUT2D eigenvalue weighted by Gasteiger charge is -2.26. The van der Waals surface area contributed by atoms with E-state index in [4.69, 9.17) is 0 Å². The SMILES string of the molecule is CCNC(=O)C(C(C)C)N(C)C.[HH]. The fourth-order valence-electron chi connectivity index (χ4n) is 1.41. The van der Waals surface area contributed by atoms with Gasteiger partial charge in [0.25, 0.3) is 0 Å². The van der Waals surface area contributed by atoms with Crippen LogP contribution in [0.1, 0.15) is 22.2 Å². The zero-order valence-corrected chi connectivity index (χ0v) is 8.72. The molecule has 1 amide bonds. The number of likely N-dealkylation sites (N-methyl/N-ethyl adjacent to an activating group) is 2. The van der Waals surface area contributed by atoms with Crippen LogP contribution in [0.5, 0.6) is 0 Å². The fourth-order valence-corrected chi connectivity index (χ4v) is 1.41. The second-order valence-electron chi connectivity index (χ2n) is 3.55. The van der Waals surface area contributed by atoms with Crippen LogP contribution in [0, 0.1) is 5.92 Å². The van der Waals surface area contributed by atoms with E-state index in [1.807, 2.05) is 25.9 Å². The molecule has 0 aliphatic rings. The van der Waals surface area contributed by atoms with E-state index in [9.17, 15) is 4.79 Å². The molecule has 0 aromatic rings. The number of hydrogen-bond donors (Lipinski definition) is 1. The third-order valence-corrected chi connectivity index (χ3v) is 1.81. The smallest absolute Gasteiger partial charge is 0.237 e. The number of hydrogen-bond acceptors (Lipinski definition) is 2. The number of carbonyl (C=O) groups excluding carboxylic acids is 1. The number of nitrogens with one attached hydrogen (secondary N) is 1. The molecule has 0 spiro atoms. The van der Waals surface area contributed by atoms with Crippen molar-refractivity contribution < 1.29 is 6.22 Å². The molecule has 0 heterocycles. The van der Waals surface area contributed by atoms with Gasteiger partial charge >= 0.3 is 0 Å². The zero-order chi connectivity index (χ0) is 9.72. The monoisotopic (exact) mass is 174 g/mol. The molecule has 1 atom stereocenters. The van der Waals surface area contributed by atoms with Crippen LogP contribution >= 0.6 is 0 Å². The molecule has 0 fully saturated rings. The second-order valence-corrected chi connectivity index (χ2v) is 3.55. The molecule has 0 rings (SSSR count). The minimum absolute atomic E-state index is 0. The molecule has 0 aliphatic heterocycles. The average Bonchev–Trinajstić information content (AvgIpc) is 1.85. The Hall–Kier alpha value is -0.570. The van der Waals surface area contributed by atoms with E-state index in [-0.39, 0.29) is 13.4 Å². The van der Waals surface area contributed by atoms with E-state index >= 15 is 0 Å². The summed E-state index contributed by atoms with van der Waals surface area (Å²) < 4.78 is 0. The first kappa shape index (κ1) is 11.4. The molecular formula is C9H22N2O. The zero-order valence-electron chi connectivity index (χ0n) is 8.72. The maximum atomic E-state index is 11.5. The third-order valence-electron chi connectivity index (χ3n) is 1.81. The summed E-state index contributed by atoms with van der Waals surface area (Å²) in [4.78, 5) is 13.4. The Morgan fingerprint density at radius 1 is 1.50 bits per heavy atom. The highest BCUT2D eigenvalue weighted by Gasteiger charge is 2.22. The van der Waals surface area contributed by atoms with E-state index in [1.165, 1.54) is 0 Å². The van der Waals surface area contributed by atoms with Gasteiger partial charge in [0.15, 0.2) is 0 Å². The van der Waals surface area contributed by atoms with E-state index in [0.29, 0.717) is 12.5 Å². The van der Waals surface area contributed by atoms with Gasteiger partial charge < -0.3 is 5.32 Å². The van der Waals surface area contributed by atoms with Gasteiger partial charge in [-0.3, -0.25) is 9.69 Å². The predicted molar refractivity (Wildman–Crippen MR) is 53.1 cm³/mol. The van der Waals surface area contributed by atoms with Crippen LogP contribution in [0.2, 0.25) is 0 Å². The molecule has 1 unspecified atom stereocenters. The molecule has 3 heteroatoms. The largest absolute Gasteiger partial charge is 0.355 e. The molecule has 0 aromatic carbocycles. The first-order valence-electron chi connectivity index (χ1n) is 4.44. The quantitative estimate of drug-likeness (QED) is 0.688. The summed E-state index contributed by atoms with van der Waals surface area (Å²) in [6.45, 7) is 6.75. The summed E-state index contributed by atoms with van der Waals surface area (Å²) in [5, 5.41) is 2.83. The number of amides is 1. The average molecular weight is 174 g/mol. The summed E-state index contributed by atoms with van der Waals surface area (Å²) >= 11 is 0. The maximum Gasteiger partial charge on any atom is 0.237 e. The van der Waals surface area contributed by atoms with Crippen LogP contribution in [0.25, 0.3) is 0 Å². The molecule has 0 saturated carbocycles. The topological polar surface area (TPSA) is 32.3 Å². The molecule has 3 nitrogen and oxygen atoms in total. The van der Waals surface area contributed by atoms with Gasteiger partial charge in [0, 0.05) is 7.97 Å². The highest BCUT2D eigenvalue weighted by molar-refractivity contribution is 5.81. The molecule has 0 aromatic heterocycles. The Labute approximate surface area is 76.6 Å². The lowest BCUT2D eigenvalue weighted by Crippen LogP contribution is -2.46. The van der Waals surface area contributed by atoms with E-state index < -0.39 is 0 Å². The van der Waals surface area contributed by atoms with Crippen molar-refractivity contribution in [3.05, 3.63) is 0 Å². The van der Waals surface area contributed by atoms with Gasteiger partial charge in [0.05, 0.1) is 6.04 Å². The van der Waals surface area contributed by atoms with Crippen molar-refractivity contribution in [2.45, 2.75) is 26.8 Å². The van der Waals surface area contributed by atoms with Crippen LogP contribution in [0.4, 0.5) is 0 Å². The predicted octanol–water partition coefficient (Wildman–Crippen LogP) is 0.955. The number of nitrogens with zero attached hydrogens (tertiary/aromatic N) is 1. The van der Waals surface area contributed by atoms with Crippen LogP contribution in [0.15, 0.2) is 0 Å². The molecule has 0 bridgehead atoms.